The molecule has 0 fully saturated rings. The smallest absolute Gasteiger partial charge is 0.223 e. The molecule has 3 N–H and O–H groups in total. The van der Waals surface area contributed by atoms with Crippen molar-refractivity contribution in [2.45, 2.75) is 53.0 Å². The summed E-state index contributed by atoms with van der Waals surface area (Å²) in [5.74, 6) is -0.734. The Balaban J connectivity index is 4.29. The summed E-state index contributed by atoms with van der Waals surface area (Å²) in [4.78, 5) is 22.8. The van der Waals surface area contributed by atoms with E-state index in [9.17, 15) is 9.59 Å². The van der Waals surface area contributed by atoms with Gasteiger partial charge in [-0.1, -0.05) is 13.8 Å². The molecule has 94 valence electrons. The number of hydrogen-bond acceptors (Lipinski definition) is 2. The minimum absolute atomic E-state index is 0.0211. The van der Waals surface area contributed by atoms with Crippen LogP contribution in [0.4, 0.5) is 0 Å². The fourth-order valence-corrected chi connectivity index (χ4v) is 1.51. The molecule has 0 aliphatic rings. The highest BCUT2D eigenvalue weighted by Crippen LogP contribution is 2.16. The second-order valence-corrected chi connectivity index (χ2v) is 5.38. The van der Waals surface area contributed by atoms with Gasteiger partial charge in [0.05, 0.1) is 0 Å². The van der Waals surface area contributed by atoms with Gasteiger partial charge in [0.15, 0.2) is 0 Å². The predicted octanol–water partition coefficient (Wildman–Crippen LogP) is 1.44. The summed E-state index contributed by atoms with van der Waals surface area (Å²) in [5.41, 5.74) is 5.02. The van der Waals surface area contributed by atoms with Crippen LogP contribution in [0.25, 0.3) is 0 Å². The molecular weight excluding hydrogens is 204 g/mol. The zero-order valence-electron chi connectivity index (χ0n) is 11.0. The predicted molar refractivity (Wildman–Crippen MR) is 64.7 cm³/mol. The molecule has 0 aromatic carbocycles. The maximum atomic E-state index is 11.8. The average Bonchev–Trinajstić information content (AvgIpc) is 2.10. The second kappa shape index (κ2) is 5.87. The normalized spacial score (nSPS) is 15.3. The number of carbonyl (C=O) groups excluding carboxylic acids is 2. The highest BCUT2D eigenvalue weighted by molar-refractivity contribution is 5.81. The first-order valence-corrected chi connectivity index (χ1v) is 5.78. The van der Waals surface area contributed by atoms with Crippen molar-refractivity contribution < 1.29 is 9.59 Å². The van der Waals surface area contributed by atoms with Gasteiger partial charge < -0.3 is 11.1 Å². The molecule has 2 atom stereocenters. The van der Waals surface area contributed by atoms with Crippen LogP contribution in [0.3, 0.4) is 0 Å². The number of nitrogens with one attached hydrogen (secondary N) is 1. The average molecular weight is 228 g/mol. The Morgan fingerprint density at radius 1 is 1.31 bits per heavy atom. The van der Waals surface area contributed by atoms with E-state index in [1.54, 1.807) is 0 Å². The summed E-state index contributed by atoms with van der Waals surface area (Å²) in [6, 6.07) is 0. The van der Waals surface area contributed by atoms with E-state index in [0.29, 0.717) is 12.8 Å². The minimum Gasteiger partial charge on any atom is -0.369 e. The summed E-state index contributed by atoms with van der Waals surface area (Å²) < 4.78 is 0. The van der Waals surface area contributed by atoms with Gasteiger partial charge in [0.1, 0.15) is 0 Å². The Morgan fingerprint density at radius 2 is 1.81 bits per heavy atom. The number of hydrogen-bond donors (Lipinski definition) is 2. The molecule has 0 spiro atoms. The lowest BCUT2D eigenvalue weighted by molar-refractivity contribution is -0.127. The molecule has 0 rings (SSSR count). The van der Waals surface area contributed by atoms with Crippen molar-refractivity contribution in [2.75, 3.05) is 0 Å². The van der Waals surface area contributed by atoms with Gasteiger partial charge in [0.25, 0.3) is 0 Å². The van der Waals surface area contributed by atoms with E-state index in [0.717, 1.165) is 0 Å². The van der Waals surface area contributed by atoms with E-state index in [-0.39, 0.29) is 29.2 Å². The van der Waals surface area contributed by atoms with Crippen molar-refractivity contribution in [3.05, 3.63) is 0 Å². The van der Waals surface area contributed by atoms with E-state index in [1.165, 1.54) is 0 Å². The lowest BCUT2D eigenvalue weighted by Gasteiger charge is -2.24. The monoisotopic (exact) mass is 228 g/mol. The van der Waals surface area contributed by atoms with Crippen LogP contribution in [0.15, 0.2) is 0 Å². The SMILES string of the molecule is CCC(CC(C)C(=O)NC(C)(C)C)C(N)=O. The quantitative estimate of drug-likeness (QED) is 0.747. The summed E-state index contributed by atoms with van der Waals surface area (Å²) in [7, 11) is 0. The first-order valence-electron chi connectivity index (χ1n) is 5.78. The topological polar surface area (TPSA) is 72.2 Å². The van der Waals surface area contributed by atoms with Crippen LogP contribution < -0.4 is 11.1 Å². The molecule has 0 bridgehead atoms. The van der Waals surface area contributed by atoms with Gasteiger partial charge in [-0.2, -0.15) is 0 Å². The molecule has 0 saturated heterocycles. The van der Waals surface area contributed by atoms with Gasteiger partial charge in [-0.05, 0) is 33.6 Å². The minimum atomic E-state index is -0.321. The van der Waals surface area contributed by atoms with Gasteiger partial charge in [-0.25, -0.2) is 0 Å². The molecule has 2 unspecified atom stereocenters. The second-order valence-electron chi connectivity index (χ2n) is 5.38. The van der Waals surface area contributed by atoms with Crippen LogP contribution in [0.2, 0.25) is 0 Å². The molecular formula is C12H24N2O2. The van der Waals surface area contributed by atoms with E-state index < -0.39 is 0 Å². The fraction of sp³-hybridized carbons (Fsp3) is 0.833. The maximum Gasteiger partial charge on any atom is 0.223 e. The molecule has 0 saturated carbocycles. The van der Waals surface area contributed by atoms with Gasteiger partial charge >= 0.3 is 0 Å². The zero-order valence-corrected chi connectivity index (χ0v) is 11.0. The van der Waals surface area contributed by atoms with Gasteiger partial charge in [-0.3, -0.25) is 9.59 Å². The summed E-state index contributed by atoms with van der Waals surface area (Å²) in [6.45, 7) is 9.53. The van der Waals surface area contributed by atoms with Crippen molar-refractivity contribution in [1.29, 1.82) is 0 Å². The molecule has 0 heterocycles. The number of carbonyl (C=O) groups is 2. The van der Waals surface area contributed by atoms with Crippen LogP contribution in [0, 0.1) is 11.8 Å². The molecule has 2 amide bonds. The summed E-state index contributed by atoms with van der Waals surface area (Å²) >= 11 is 0. The van der Waals surface area contributed by atoms with E-state index in [2.05, 4.69) is 5.32 Å². The third-order valence-electron chi connectivity index (χ3n) is 2.48. The maximum absolute atomic E-state index is 11.8. The Morgan fingerprint density at radius 3 is 2.12 bits per heavy atom. The Hall–Kier alpha value is -1.06. The molecule has 0 aromatic heterocycles. The van der Waals surface area contributed by atoms with Crippen molar-refractivity contribution in [2.24, 2.45) is 17.6 Å². The van der Waals surface area contributed by atoms with Crippen molar-refractivity contribution in [3.8, 4) is 0 Å². The largest absolute Gasteiger partial charge is 0.369 e. The van der Waals surface area contributed by atoms with Crippen LogP contribution in [0.5, 0.6) is 0 Å². The summed E-state index contributed by atoms with van der Waals surface area (Å²) in [6.07, 6.45) is 1.20. The molecule has 4 nitrogen and oxygen atoms in total. The first kappa shape index (κ1) is 14.9. The highest BCUT2D eigenvalue weighted by atomic mass is 16.2. The number of rotatable bonds is 5. The van der Waals surface area contributed by atoms with E-state index in [4.69, 9.17) is 5.73 Å². The molecule has 4 heteroatoms. The zero-order chi connectivity index (χ0) is 12.9. The lowest BCUT2D eigenvalue weighted by atomic mass is 9.92. The Bertz CT molecular complexity index is 256. The molecule has 0 radical (unpaired) electrons. The van der Waals surface area contributed by atoms with Gasteiger partial charge in [0, 0.05) is 17.4 Å². The van der Waals surface area contributed by atoms with Crippen LogP contribution in [-0.4, -0.2) is 17.4 Å². The third-order valence-corrected chi connectivity index (χ3v) is 2.48. The van der Waals surface area contributed by atoms with Crippen LogP contribution >= 0.6 is 0 Å². The van der Waals surface area contributed by atoms with Gasteiger partial charge in [-0.15, -0.1) is 0 Å². The third kappa shape index (κ3) is 5.73. The number of primary amides is 1. The Kier molecular flexibility index (Phi) is 5.48. The van der Waals surface area contributed by atoms with Crippen LogP contribution in [0.1, 0.15) is 47.5 Å². The number of amides is 2. The molecule has 0 aliphatic heterocycles. The first-order chi connectivity index (χ1) is 7.17. The lowest BCUT2D eigenvalue weighted by Crippen LogP contribution is -2.44. The molecule has 0 aromatic rings. The molecule has 0 aliphatic carbocycles. The standard InChI is InChI=1S/C12H24N2O2/c1-6-9(10(13)15)7-8(2)11(16)14-12(3,4)5/h8-9H,6-7H2,1-5H3,(H2,13,15)(H,14,16). The van der Waals surface area contributed by atoms with Crippen LogP contribution in [-0.2, 0) is 9.59 Å². The van der Waals surface area contributed by atoms with Crippen molar-refractivity contribution in [1.82, 2.24) is 5.32 Å². The van der Waals surface area contributed by atoms with E-state index >= 15 is 0 Å². The number of nitrogens with two attached hydrogens (primary N) is 1. The van der Waals surface area contributed by atoms with E-state index in [1.807, 2.05) is 34.6 Å². The van der Waals surface area contributed by atoms with Crippen molar-refractivity contribution in [3.63, 3.8) is 0 Å². The Labute approximate surface area is 98.0 Å². The molecule has 16 heavy (non-hydrogen) atoms. The van der Waals surface area contributed by atoms with Crippen molar-refractivity contribution >= 4 is 11.8 Å². The van der Waals surface area contributed by atoms with Gasteiger partial charge in [0.2, 0.25) is 11.8 Å². The highest BCUT2D eigenvalue weighted by Gasteiger charge is 2.23. The fourth-order valence-electron chi connectivity index (χ4n) is 1.51. The summed E-state index contributed by atoms with van der Waals surface area (Å²) in [5, 5.41) is 2.90.